The number of benzene rings is 4. The number of hydrogen-bond acceptors (Lipinski definition) is 6. The molecule has 0 spiro atoms. The number of hydrogen-bond donors (Lipinski definition) is 0. The van der Waals surface area contributed by atoms with E-state index in [1.54, 1.807) is 0 Å². The number of anilines is 2. The molecule has 0 saturated carbocycles. The van der Waals surface area contributed by atoms with Gasteiger partial charge in [-0.15, -0.1) is 0 Å². The zero-order chi connectivity index (χ0) is 27.5. The SMILES string of the molecule is COC(=O)CCC(C)(c1ccc2c(c1)CN(c1ccccc1)CO2)c1ccc2c(c1)CN(c1ccccc1)CO2. The van der Waals surface area contributed by atoms with E-state index in [2.05, 4.69) is 77.4 Å². The van der Waals surface area contributed by atoms with Crippen molar-refractivity contribution in [2.45, 2.75) is 38.3 Å². The molecule has 0 aromatic heterocycles. The topological polar surface area (TPSA) is 51.2 Å². The van der Waals surface area contributed by atoms with Crippen molar-refractivity contribution in [3.05, 3.63) is 119 Å². The average molecular weight is 535 g/mol. The second-order valence-corrected chi connectivity index (χ2v) is 10.7. The molecule has 2 heterocycles. The summed E-state index contributed by atoms with van der Waals surface area (Å²) in [5.41, 5.74) is 6.38. The molecule has 0 radical (unpaired) electrons. The molecular weight excluding hydrogens is 500 g/mol. The van der Waals surface area contributed by atoms with Gasteiger partial charge in [-0.1, -0.05) is 55.5 Å². The van der Waals surface area contributed by atoms with Gasteiger partial charge in [-0.2, -0.15) is 0 Å². The third-order valence-corrected chi connectivity index (χ3v) is 8.17. The molecule has 40 heavy (non-hydrogen) atoms. The van der Waals surface area contributed by atoms with Crippen LogP contribution in [0.5, 0.6) is 11.5 Å². The molecule has 4 aromatic rings. The summed E-state index contributed by atoms with van der Waals surface area (Å²) in [5.74, 6) is 1.60. The lowest BCUT2D eigenvalue weighted by molar-refractivity contribution is -0.140. The number of para-hydroxylation sites is 2. The monoisotopic (exact) mass is 534 g/mol. The van der Waals surface area contributed by atoms with Gasteiger partial charge in [0.1, 0.15) is 11.5 Å². The predicted octanol–water partition coefficient (Wildman–Crippen LogP) is 6.66. The smallest absolute Gasteiger partial charge is 0.305 e. The van der Waals surface area contributed by atoms with Crippen LogP contribution in [0.15, 0.2) is 97.1 Å². The van der Waals surface area contributed by atoms with Crippen LogP contribution in [-0.2, 0) is 28.0 Å². The Bertz CT molecular complexity index is 1390. The molecule has 2 aliphatic heterocycles. The second kappa shape index (κ2) is 11.0. The number of rotatable bonds is 7. The van der Waals surface area contributed by atoms with Gasteiger partial charge in [-0.25, -0.2) is 0 Å². The molecule has 6 heteroatoms. The Labute approximate surface area is 235 Å². The van der Waals surface area contributed by atoms with E-state index in [0.717, 1.165) is 58.2 Å². The van der Waals surface area contributed by atoms with E-state index in [1.807, 2.05) is 36.4 Å². The number of esters is 1. The Morgan fingerprint density at radius 1 is 0.750 bits per heavy atom. The third kappa shape index (κ3) is 5.09. The lowest BCUT2D eigenvalue weighted by Gasteiger charge is -2.36. The highest BCUT2D eigenvalue weighted by Gasteiger charge is 2.33. The Hall–Kier alpha value is -4.45. The van der Waals surface area contributed by atoms with Crippen molar-refractivity contribution in [1.82, 2.24) is 0 Å². The second-order valence-electron chi connectivity index (χ2n) is 10.7. The number of fused-ring (bicyclic) bond motifs is 2. The van der Waals surface area contributed by atoms with Crippen molar-refractivity contribution in [1.29, 1.82) is 0 Å². The van der Waals surface area contributed by atoms with Gasteiger partial charge in [-0.05, 0) is 66.1 Å². The van der Waals surface area contributed by atoms with Gasteiger partial charge in [0, 0.05) is 47.4 Å². The standard InChI is InChI=1S/C34H34N2O4/c1-34(18-17-33(37)38-2,27-13-15-31-25(19-27)21-35(23-39-31)29-9-5-3-6-10-29)28-14-16-32-26(20-28)22-36(24-40-32)30-11-7-4-8-12-30/h3-16,19-20H,17-18,21-24H2,1-2H3. The van der Waals surface area contributed by atoms with Gasteiger partial charge in [0.2, 0.25) is 0 Å². The Morgan fingerprint density at radius 3 is 1.68 bits per heavy atom. The van der Waals surface area contributed by atoms with Crippen LogP contribution in [0.1, 0.15) is 42.0 Å². The lowest BCUT2D eigenvalue weighted by Crippen LogP contribution is -2.33. The molecule has 0 N–H and O–H groups in total. The van der Waals surface area contributed by atoms with Gasteiger partial charge >= 0.3 is 5.97 Å². The zero-order valence-electron chi connectivity index (χ0n) is 23.0. The minimum Gasteiger partial charge on any atom is -0.473 e. The van der Waals surface area contributed by atoms with Crippen LogP contribution in [0.2, 0.25) is 0 Å². The van der Waals surface area contributed by atoms with Crippen LogP contribution in [-0.4, -0.2) is 26.5 Å². The van der Waals surface area contributed by atoms with Crippen molar-refractivity contribution in [2.75, 3.05) is 30.4 Å². The summed E-state index contributed by atoms with van der Waals surface area (Å²) in [4.78, 5) is 16.8. The Balaban J connectivity index is 1.34. The van der Waals surface area contributed by atoms with Gasteiger partial charge in [0.05, 0.1) is 7.11 Å². The Morgan fingerprint density at radius 2 is 1.23 bits per heavy atom. The van der Waals surface area contributed by atoms with Crippen molar-refractivity contribution >= 4 is 17.3 Å². The van der Waals surface area contributed by atoms with Crippen LogP contribution < -0.4 is 19.3 Å². The van der Waals surface area contributed by atoms with Crippen LogP contribution in [0.3, 0.4) is 0 Å². The molecule has 2 aliphatic rings. The van der Waals surface area contributed by atoms with Crippen molar-refractivity contribution in [2.24, 2.45) is 0 Å². The van der Waals surface area contributed by atoms with Crippen molar-refractivity contribution < 1.29 is 19.0 Å². The molecule has 0 unspecified atom stereocenters. The number of carbonyl (C=O) groups excluding carboxylic acids is 1. The van der Waals surface area contributed by atoms with Gasteiger partial charge in [0.25, 0.3) is 0 Å². The normalized spacial score (nSPS) is 14.4. The quantitative estimate of drug-likeness (QED) is 0.247. The van der Waals surface area contributed by atoms with Crippen LogP contribution in [0.4, 0.5) is 11.4 Å². The fourth-order valence-electron chi connectivity index (χ4n) is 5.69. The molecule has 0 bridgehead atoms. The maximum absolute atomic E-state index is 12.3. The van der Waals surface area contributed by atoms with E-state index in [9.17, 15) is 4.79 Å². The largest absolute Gasteiger partial charge is 0.473 e. The van der Waals surface area contributed by atoms with Crippen LogP contribution in [0, 0.1) is 0 Å². The fourth-order valence-corrected chi connectivity index (χ4v) is 5.69. The summed E-state index contributed by atoms with van der Waals surface area (Å²) in [6, 6.07) is 33.6. The minimum absolute atomic E-state index is 0.209. The van der Waals surface area contributed by atoms with Crippen molar-refractivity contribution in [3.8, 4) is 11.5 Å². The highest BCUT2D eigenvalue weighted by molar-refractivity contribution is 5.69. The minimum atomic E-state index is -0.428. The first kappa shape index (κ1) is 25.8. The maximum atomic E-state index is 12.3. The molecule has 0 saturated heterocycles. The van der Waals surface area contributed by atoms with Crippen molar-refractivity contribution in [3.63, 3.8) is 0 Å². The van der Waals surface area contributed by atoms with Crippen LogP contribution >= 0.6 is 0 Å². The summed E-state index contributed by atoms with van der Waals surface area (Å²) in [6.45, 7) is 4.75. The Kier molecular flexibility index (Phi) is 7.08. The fraction of sp³-hybridized carbons (Fsp3) is 0.265. The highest BCUT2D eigenvalue weighted by Crippen LogP contribution is 2.42. The number of carbonyl (C=O) groups is 1. The molecule has 4 aromatic carbocycles. The van der Waals surface area contributed by atoms with E-state index in [4.69, 9.17) is 14.2 Å². The molecule has 6 nitrogen and oxygen atoms in total. The molecule has 204 valence electrons. The van der Waals surface area contributed by atoms with Gasteiger partial charge in [0.15, 0.2) is 13.5 Å². The van der Waals surface area contributed by atoms with E-state index in [0.29, 0.717) is 26.3 Å². The first-order valence-corrected chi connectivity index (χ1v) is 13.7. The molecular formula is C34H34N2O4. The van der Waals surface area contributed by atoms with E-state index >= 15 is 0 Å². The number of methoxy groups -OCH3 is 1. The van der Waals surface area contributed by atoms with E-state index in [1.165, 1.54) is 7.11 Å². The maximum Gasteiger partial charge on any atom is 0.305 e. The van der Waals surface area contributed by atoms with Crippen LogP contribution in [0.25, 0.3) is 0 Å². The van der Waals surface area contributed by atoms with Gasteiger partial charge < -0.3 is 24.0 Å². The van der Waals surface area contributed by atoms with Gasteiger partial charge in [-0.3, -0.25) is 4.79 Å². The number of nitrogens with zero attached hydrogens (tertiary/aromatic N) is 2. The molecule has 6 rings (SSSR count). The summed E-state index contributed by atoms with van der Waals surface area (Å²) in [6.07, 6.45) is 0.935. The summed E-state index contributed by atoms with van der Waals surface area (Å²) in [5, 5.41) is 0. The highest BCUT2D eigenvalue weighted by atomic mass is 16.5. The molecule has 0 fully saturated rings. The first-order chi connectivity index (χ1) is 19.5. The number of ether oxygens (including phenoxy) is 3. The summed E-state index contributed by atoms with van der Waals surface area (Å²) < 4.78 is 17.3. The summed E-state index contributed by atoms with van der Waals surface area (Å²) >= 11 is 0. The molecule has 0 aliphatic carbocycles. The third-order valence-electron chi connectivity index (χ3n) is 8.17. The average Bonchev–Trinajstić information content (AvgIpc) is 3.03. The molecule has 0 atom stereocenters. The predicted molar refractivity (Wildman–Crippen MR) is 157 cm³/mol. The first-order valence-electron chi connectivity index (χ1n) is 13.7. The van der Waals surface area contributed by atoms with E-state index in [-0.39, 0.29) is 5.97 Å². The van der Waals surface area contributed by atoms with E-state index < -0.39 is 5.41 Å². The summed E-state index contributed by atoms with van der Waals surface area (Å²) in [7, 11) is 1.45. The zero-order valence-corrected chi connectivity index (χ0v) is 23.0. The molecule has 0 amide bonds. The lowest BCUT2D eigenvalue weighted by atomic mass is 9.72.